The highest BCUT2D eigenvalue weighted by atomic mass is 16.5. The third-order valence-corrected chi connectivity index (χ3v) is 4.68. The van der Waals surface area contributed by atoms with Gasteiger partial charge in [0, 0.05) is 37.8 Å². The van der Waals surface area contributed by atoms with Gasteiger partial charge >= 0.3 is 0 Å². The van der Waals surface area contributed by atoms with Crippen molar-refractivity contribution in [3.05, 3.63) is 0 Å². The second-order valence-electron chi connectivity index (χ2n) is 6.22. The molecule has 19 heavy (non-hydrogen) atoms. The Morgan fingerprint density at radius 2 is 1.95 bits per heavy atom. The van der Waals surface area contributed by atoms with Crippen molar-refractivity contribution in [2.24, 2.45) is 0 Å². The zero-order chi connectivity index (χ0) is 13.7. The molecule has 2 fully saturated rings. The van der Waals surface area contributed by atoms with Gasteiger partial charge < -0.3 is 15.0 Å². The Hall–Kier alpha value is -0.160. The van der Waals surface area contributed by atoms with Crippen molar-refractivity contribution < 1.29 is 4.74 Å². The van der Waals surface area contributed by atoms with E-state index in [1.807, 2.05) is 0 Å². The first-order chi connectivity index (χ1) is 9.22. The second kappa shape index (κ2) is 7.58. The molecule has 4 nitrogen and oxygen atoms in total. The zero-order valence-corrected chi connectivity index (χ0v) is 12.9. The maximum atomic E-state index is 5.73. The molecule has 0 aromatic rings. The summed E-state index contributed by atoms with van der Waals surface area (Å²) in [6, 6.07) is 1.98. The Balaban J connectivity index is 1.85. The summed E-state index contributed by atoms with van der Waals surface area (Å²) in [5, 5.41) is 3.72. The van der Waals surface area contributed by atoms with Crippen molar-refractivity contribution in [2.75, 3.05) is 46.9 Å². The Morgan fingerprint density at radius 3 is 2.58 bits per heavy atom. The molecule has 2 unspecified atom stereocenters. The molecule has 112 valence electrons. The zero-order valence-electron chi connectivity index (χ0n) is 12.9. The van der Waals surface area contributed by atoms with Crippen molar-refractivity contribution >= 4 is 0 Å². The van der Waals surface area contributed by atoms with Gasteiger partial charge in [-0.1, -0.05) is 6.92 Å². The van der Waals surface area contributed by atoms with Crippen LogP contribution in [0, 0.1) is 0 Å². The molecule has 0 saturated carbocycles. The van der Waals surface area contributed by atoms with Gasteiger partial charge in [0.05, 0.1) is 6.61 Å². The van der Waals surface area contributed by atoms with Crippen LogP contribution in [-0.2, 0) is 4.74 Å². The van der Waals surface area contributed by atoms with Crippen LogP contribution in [0.25, 0.3) is 0 Å². The van der Waals surface area contributed by atoms with E-state index >= 15 is 0 Å². The molecule has 2 aliphatic rings. The smallest absolute Gasteiger partial charge is 0.0637 e. The fraction of sp³-hybridized carbons (Fsp3) is 1.00. The van der Waals surface area contributed by atoms with Gasteiger partial charge in [-0.15, -0.1) is 0 Å². The van der Waals surface area contributed by atoms with Gasteiger partial charge in [-0.2, -0.15) is 0 Å². The van der Waals surface area contributed by atoms with Crippen LogP contribution in [0.1, 0.15) is 32.6 Å². The van der Waals surface area contributed by atoms with E-state index in [9.17, 15) is 0 Å². The molecule has 2 atom stereocenters. The highest BCUT2D eigenvalue weighted by Crippen LogP contribution is 2.21. The van der Waals surface area contributed by atoms with E-state index in [2.05, 4.69) is 36.1 Å². The van der Waals surface area contributed by atoms with Gasteiger partial charge in [-0.3, -0.25) is 4.90 Å². The van der Waals surface area contributed by atoms with E-state index in [0.717, 1.165) is 32.2 Å². The number of nitrogens with one attached hydrogen (secondary N) is 1. The molecular formula is C15H31N3O. The lowest BCUT2D eigenvalue weighted by atomic mass is 9.96. The van der Waals surface area contributed by atoms with Gasteiger partial charge in [0.2, 0.25) is 0 Å². The van der Waals surface area contributed by atoms with E-state index in [1.54, 1.807) is 0 Å². The minimum absolute atomic E-state index is 0.586. The lowest BCUT2D eigenvalue weighted by molar-refractivity contribution is -0.0168. The molecule has 0 aromatic heterocycles. The van der Waals surface area contributed by atoms with Gasteiger partial charge in [0.25, 0.3) is 0 Å². The van der Waals surface area contributed by atoms with E-state index in [0.29, 0.717) is 12.1 Å². The maximum absolute atomic E-state index is 5.73. The van der Waals surface area contributed by atoms with Crippen LogP contribution in [0.2, 0.25) is 0 Å². The first-order valence-corrected chi connectivity index (χ1v) is 7.94. The minimum Gasteiger partial charge on any atom is -0.380 e. The van der Waals surface area contributed by atoms with Gasteiger partial charge in [-0.05, 0) is 46.3 Å². The summed E-state index contributed by atoms with van der Waals surface area (Å²) in [6.45, 7) is 7.65. The number of rotatable bonds is 5. The largest absolute Gasteiger partial charge is 0.380 e. The van der Waals surface area contributed by atoms with E-state index < -0.39 is 0 Å². The predicted octanol–water partition coefficient (Wildman–Crippen LogP) is 1.17. The summed E-state index contributed by atoms with van der Waals surface area (Å²) >= 11 is 0. The fourth-order valence-electron chi connectivity index (χ4n) is 3.38. The second-order valence-corrected chi connectivity index (χ2v) is 6.22. The van der Waals surface area contributed by atoms with E-state index in [-0.39, 0.29) is 0 Å². The number of likely N-dealkylation sites (tertiary alicyclic amines) is 1. The highest BCUT2D eigenvalue weighted by Gasteiger charge is 2.33. The fourth-order valence-corrected chi connectivity index (χ4v) is 3.38. The predicted molar refractivity (Wildman–Crippen MR) is 79.6 cm³/mol. The maximum Gasteiger partial charge on any atom is 0.0637 e. The van der Waals surface area contributed by atoms with Crippen molar-refractivity contribution in [2.45, 2.75) is 50.7 Å². The summed E-state index contributed by atoms with van der Waals surface area (Å²) in [5.41, 5.74) is 0. The van der Waals surface area contributed by atoms with Crippen LogP contribution in [0.15, 0.2) is 0 Å². The van der Waals surface area contributed by atoms with Crippen LogP contribution < -0.4 is 5.32 Å². The van der Waals surface area contributed by atoms with Crippen LogP contribution in [0.5, 0.6) is 0 Å². The van der Waals surface area contributed by atoms with Crippen LogP contribution in [-0.4, -0.2) is 74.9 Å². The van der Waals surface area contributed by atoms with Gasteiger partial charge in [0.15, 0.2) is 0 Å². The summed E-state index contributed by atoms with van der Waals surface area (Å²) in [4.78, 5) is 5.04. The molecule has 0 amide bonds. The number of hydrogen-bond acceptors (Lipinski definition) is 4. The number of hydrogen-bond donors (Lipinski definition) is 1. The summed E-state index contributed by atoms with van der Waals surface area (Å²) < 4.78 is 5.73. The number of ether oxygens (including phenoxy) is 1. The molecule has 2 aliphatic heterocycles. The average molecular weight is 269 g/mol. The lowest BCUT2D eigenvalue weighted by Gasteiger charge is -2.44. The van der Waals surface area contributed by atoms with E-state index in [1.165, 1.54) is 32.4 Å². The summed E-state index contributed by atoms with van der Waals surface area (Å²) in [5.74, 6) is 0. The number of nitrogens with zero attached hydrogens (tertiary/aromatic N) is 2. The molecule has 2 rings (SSSR count). The van der Waals surface area contributed by atoms with Crippen molar-refractivity contribution in [3.8, 4) is 0 Å². The van der Waals surface area contributed by atoms with E-state index in [4.69, 9.17) is 4.74 Å². The topological polar surface area (TPSA) is 27.7 Å². The van der Waals surface area contributed by atoms with Crippen molar-refractivity contribution in [1.29, 1.82) is 0 Å². The Morgan fingerprint density at radius 1 is 1.21 bits per heavy atom. The average Bonchev–Trinajstić information content (AvgIpc) is 2.45. The molecule has 2 heterocycles. The molecule has 0 aliphatic carbocycles. The molecule has 0 bridgehead atoms. The molecule has 0 aromatic carbocycles. The Bertz CT molecular complexity index is 252. The highest BCUT2D eigenvalue weighted by molar-refractivity contribution is 4.90. The molecule has 4 heteroatoms. The van der Waals surface area contributed by atoms with Crippen molar-refractivity contribution in [1.82, 2.24) is 15.1 Å². The summed E-state index contributed by atoms with van der Waals surface area (Å²) in [6.07, 6.45) is 4.97. The Kier molecular flexibility index (Phi) is 6.07. The third-order valence-electron chi connectivity index (χ3n) is 4.68. The first-order valence-electron chi connectivity index (χ1n) is 7.94. The van der Waals surface area contributed by atoms with Gasteiger partial charge in [-0.25, -0.2) is 0 Å². The lowest BCUT2D eigenvalue weighted by Crippen LogP contribution is -2.58. The number of piperidine rings is 1. The molecule has 2 saturated heterocycles. The van der Waals surface area contributed by atoms with Crippen LogP contribution in [0.4, 0.5) is 0 Å². The molecular weight excluding hydrogens is 238 g/mol. The molecule has 0 spiro atoms. The summed E-state index contributed by atoms with van der Waals surface area (Å²) in [7, 11) is 4.41. The van der Waals surface area contributed by atoms with Gasteiger partial charge in [0.1, 0.15) is 0 Å². The van der Waals surface area contributed by atoms with Crippen LogP contribution >= 0.6 is 0 Å². The standard InChI is InChI=1S/C15H31N3O/c1-4-8-16-14-7-11-19-12-15(14)18-9-5-13(6-10-18)17(2)3/h13-16H,4-12H2,1-3H3. The minimum atomic E-state index is 0.586. The first kappa shape index (κ1) is 15.2. The Labute approximate surface area is 118 Å². The normalized spacial score (nSPS) is 30.9. The third kappa shape index (κ3) is 4.15. The molecule has 0 radical (unpaired) electrons. The van der Waals surface area contributed by atoms with Crippen molar-refractivity contribution in [3.63, 3.8) is 0 Å². The SMILES string of the molecule is CCCNC1CCOCC1N1CCC(N(C)C)CC1. The van der Waals surface area contributed by atoms with Crippen LogP contribution in [0.3, 0.4) is 0 Å². The quantitative estimate of drug-likeness (QED) is 0.811. The monoisotopic (exact) mass is 269 g/mol. The molecule has 1 N–H and O–H groups in total.